The molecule has 1 aromatic heterocycles. The van der Waals surface area contributed by atoms with Crippen molar-refractivity contribution in [3.8, 4) is 17.2 Å². The summed E-state index contributed by atoms with van der Waals surface area (Å²) in [6.45, 7) is 2.16. The maximum absolute atomic E-state index is 6.18. The molecule has 5 nitrogen and oxygen atoms in total. The summed E-state index contributed by atoms with van der Waals surface area (Å²) in [6.07, 6.45) is 0. The minimum absolute atomic E-state index is 0.219. The smallest absolute Gasteiger partial charge is 0.284 e. The van der Waals surface area contributed by atoms with Crippen LogP contribution in [0.25, 0.3) is 11.5 Å². The Morgan fingerprint density at radius 1 is 1.47 bits per heavy atom. The quantitative estimate of drug-likeness (QED) is 0.879. The van der Waals surface area contributed by atoms with Crippen LogP contribution < -0.4 is 4.74 Å². The molecule has 3 rings (SSSR count). The van der Waals surface area contributed by atoms with Gasteiger partial charge in [0.25, 0.3) is 4.84 Å². The summed E-state index contributed by atoms with van der Waals surface area (Å²) in [5.74, 6) is 1.56. The number of halogens is 1. The van der Waals surface area contributed by atoms with Gasteiger partial charge in [-0.3, -0.25) is 0 Å². The fraction of sp³-hybridized carbons (Fsp3) is 0.333. The molecule has 0 amide bonds. The number of hydrogen-bond donors (Lipinski definition) is 1. The molecule has 0 atom stereocenters. The van der Waals surface area contributed by atoms with E-state index in [4.69, 9.17) is 37.7 Å². The van der Waals surface area contributed by atoms with Gasteiger partial charge in [0.2, 0.25) is 5.89 Å². The molecular weight excluding hydrogens is 288 g/mol. The fourth-order valence-electron chi connectivity index (χ4n) is 1.70. The second-order valence-electron chi connectivity index (χ2n) is 4.27. The van der Waals surface area contributed by atoms with Gasteiger partial charge in [0.05, 0.1) is 30.4 Å². The average Bonchev–Trinajstić information content (AvgIpc) is 2.74. The molecule has 0 radical (unpaired) electrons. The zero-order valence-electron chi connectivity index (χ0n) is 9.89. The molecular formula is C12H11ClN2O3S. The molecule has 0 spiro atoms. The normalized spacial score (nSPS) is 15.2. The third-order valence-electron chi connectivity index (χ3n) is 2.80. The Kier molecular flexibility index (Phi) is 3.54. The largest absolute Gasteiger partial charge is 0.493 e. The van der Waals surface area contributed by atoms with E-state index in [-0.39, 0.29) is 4.84 Å². The maximum Gasteiger partial charge on any atom is 0.284 e. The van der Waals surface area contributed by atoms with Crippen LogP contribution >= 0.6 is 23.8 Å². The van der Waals surface area contributed by atoms with Crippen molar-refractivity contribution in [1.29, 1.82) is 0 Å². The van der Waals surface area contributed by atoms with Gasteiger partial charge in [-0.2, -0.15) is 0 Å². The monoisotopic (exact) mass is 298 g/mol. The molecule has 1 N–H and O–H groups in total. The maximum atomic E-state index is 6.18. The van der Waals surface area contributed by atoms with Crippen LogP contribution in [0, 0.1) is 10.8 Å². The number of rotatable bonds is 4. The predicted molar refractivity (Wildman–Crippen MR) is 71.9 cm³/mol. The summed E-state index contributed by atoms with van der Waals surface area (Å²) >= 11 is 11.0. The van der Waals surface area contributed by atoms with E-state index in [1.165, 1.54) is 0 Å². The van der Waals surface area contributed by atoms with Gasteiger partial charge in [-0.1, -0.05) is 11.6 Å². The predicted octanol–water partition coefficient (Wildman–Crippen LogP) is 3.08. The van der Waals surface area contributed by atoms with Crippen molar-refractivity contribution in [1.82, 2.24) is 10.2 Å². The van der Waals surface area contributed by atoms with Crippen molar-refractivity contribution in [3.63, 3.8) is 0 Å². The van der Waals surface area contributed by atoms with E-state index in [1.807, 2.05) is 6.07 Å². The van der Waals surface area contributed by atoms with Crippen molar-refractivity contribution in [2.24, 2.45) is 5.92 Å². The number of hydrogen-bond acceptors (Lipinski definition) is 5. The summed E-state index contributed by atoms with van der Waals surface area (Å²) in [5, 5.41) is 7.00. The second-order valence-corrected chi connectivity index (χ2v) is 5.05. The minimum Gasteiger partial charge on any atom is -0.493 e. The molecule has 1 aliphatic rings. The van der Waals surface area contributed by atoms with E-state index >= 15 is 0 Å². The first kappa shape index (κ1) is 12.7. The molecule has 0 saturated carbocycles. The van der Waals surface area contributed by atoms with E-state index in [1.54, 1.807) is 12.1 Å². The van der Waals surface area contributed by atoms with Crippen LogP contribution in [0.5, 0.6) is 5.75 Å². The number of nitrogens with zero attached hydrogens (tertiary/aromatic N) is 1. The molecule has 100 valence electrons. The van der Waals surface area contributed by atoms with E-state index in [0.29, 0.717) is 29.0 Å². The fourth-order valence-corrected chi connectivity index (χ4v) is 2.07. The standard InChI is InChI=1S/C12H11ClN2O3S/c13-10-3-8(17-6-7-4-16-5-7)1-2-9(10)11-14-15-12(19)18-11/h1-3,7H,4-6H2,(H,15,19). The van der Waals surface area contributed by atoms with E-state index < -0.39 is 0 Å². The van der Waals surface area contributed by atoms with Gasteiger partial charge in [-0.05, 0) is 30.4 Å². The lowest BCUT2D eigenvalue weighted by atomic mass is 10.1. The summed E-state index contributed by atoms with van der Waals surface area (Å²) < 4.78 is 16.0. The lowest BCUT2D eigenvalue weighted by Gasteiger charge is -2.25. The summed E-state index contributed by atoms with van der Waals surface area (Å²) in [6, 6.07) is 5.36. The molecule has 19 heavy (non-hydrogen) atoms. The highest BCUT2D eigenvalue weighted by atomic mass is 35.5. The third kappa shape index (κ3) is 2.80. The first-order valence-corrected chi connectivity index (χ1v) is 6.57. The van der Waals surface area contributed by atoms with Gasteiger partial charge < -0.3 is 13.9 Å². The lowest BCUT2D eigenvalue weighted by molar-refractivity contribution is -0.0508. The van der Waals surface area contributed by atoms with Crippen molar-refractivity contribution in [2.45, 2.75) is 0 Å². The highest BCUT2D eigenvalue weighted by Gasteiger charge is 2.19. The number of nitrogens with one attached hydrogen (secondary N) is 1. The molecule has 1 aromatic carbocycles. The van der Waals surface area contributed by atoms with Crippen LogP contribution in [-0.4, -0.2) is 30.0 Å². The van der Waals surface area contributed by atoms with Crippen LogP contribution in [0.1, 0.15) is 0 Å². The van der Waals surface area contributed by atoms with E-state index in [2.05, 4.69) is 10.2 Å². The molecule has 0 bridgehead atoms. The van der Waals surface area contributed by atoms with Crippen LogP contribution in [0.4, 0.5) is 0 Å². The SMILES string of the molecule is S=c1[nH]nc(-c2ccc(OCC3COC3)cc2Cl)o1. The molecule has 1 saturated heterocycles. The Morgan fingerprint density at radius 2 is 2.32 bits per heavy atom. The van der Waals surface area contributed by atoms with Crippen LogP contribution in [0.2, 0.25) is 5.02 Å². The zero-order valence-corrected chi connectivity index (χ0v) is 11.5. The molecule has 1 fully saturated rings. The van der Waals surface area contributed by atoms with Gasteiger partial charge in [-0.15, -0.1) is 5.10 Å². The number of ether oxygens (including phenoxy) is 2. The first-order chi connectivity index (χ1) is 9.22. The third-order valence-corrected chi connectivity index (χ3v) is 3.29. The van der Waals surface area contributed by atoms with Crippen LogP contribution in [-0.2, 0) is 4.74 Å². The van der Waals surface area contributed by atoms with Gasteiger partial charge in [-0.25, -0.2) is 5.10 Å². The second kappa shape index (κ2) is 5.32. The highest BCUT2D eigenvalue weighted by molar-refractivity contribution is 7.71. The topological polar surface area (TPSA) is 60.3 Å². The molecule has 7 heteroatoms. The van der Waals surface area contributed by atoms with E-state index in [9.17, 15) is 0 Å². The summed E-state index contributed by atoms with van der Waals surface area (Å²) in [4.78, 5) is 0.219. The number of aromatic nitrogens is 2. The van der Waals surface area contributed by atoms with Gasteiger partial charge in [0.15, 0.2) is 0 Å². The van der Waals surface area contributed by atoms with Crippen LogP contribution in [0.3, 0.4) is 0 Å². The van der Waals surface area contributed by atoms with Crippen molar-refractivity contribution in [3.05, 3.63) is 28.1 Å². The Morgan fingerprint density at radius 3 is 2.89 bits per heavy atom. The van der Waals surface area contributed by atoms with Crippen molar-refractivity contribution in [2.75, 3.05) is 19.8 Å². The number of aromatic amines is 1. The average molecular weight is 299 g/mol. The Hall–Kier alpha value is -1.37. The Labute approximate surface area is 119 Å². The highest BCUT2D eigenvalue weighted by Crippen LogP contribution is 2.30. The Balaban J connectivity index is 1.75. The summed E-state index contributed by atoms with van der Waals surface area (Å²) in [7, 11) is 0. The Bertz CT molecular complexity index is 636. The van der Waals surface area contributed by atoms with Gasteiger partial charge in [0.1, 0.15) is 5.75 Å². The van der Waals surface area contributed by atoms with Gasteiger partial charge >= 0.3 is 0 Å². The van der Waals surface area contributed by atoms with Crippen molar-refractivity contribution < 1.29 is 13.9 Å². The van der Waals surface area contributed by atoms with Gasteiger partial charge in [0, 0.05) is 5.92 Å². The molecule has 0 aliphatic carbocycles. The summed E-state index contributed by atoms with van der Waals surface area (Å²) in [5.41, 5.74) is 0.674. The van der Waals surface area contributed by atoms with E-state index in [0.717, 1.165) is 19.0 Å². The first-order valence-electron chi connectivity index (χ1n) is 5.78. The zero-order chi connectivity index (χ0) is 13.2. The molecule has 2 heterocycles. The van der Waals surface area contributed by atoms with Crippen LogP contribution in [0.15, 0.2) is 22.6 Å². The number of benzene rings is 1. The minimum atomic E-state index is 0.219. The molecule has 0 unspecified atom stereocenters. The molecule has 2 aromatic rings. The number of H-pyrrole nitrogens is 1. The van der Waals surface area contributed by atoms with Crippen molar-refractivity contribution >= 4 is 23.8 Å². The molecule has 1 aliphatic heterocycles. The lowest BCUT2D eigenvalue weighted by Crippen LogP contribution is -2.32.